The molecule has 0 saturated carbocycles. The van der Waals surface area contributed by atoms with Gasteiger partial charge in [0.05, 0.1) is 18.0 Å². The zero-order valence-electron chi connectivity index (χ0n) is 13.5. The van der Waals surface area contributed by atoms with Crippen LogP contribution in [0.3, 0.4) is 0 Å². The SMILES string of the molecule is CC1=C(c2ccc(CNC(=O)C3CC(O)CN3)cc2)SCN1C. The molecule has 0 radical (unpaired) electrons. The molecule has 0 bridgehead atoms. The van der Waals surface area contributed by atoms with Gasteiger partial charge in [0, 0.05) is 30.7 Å². The van der Waals surface area contributed by atoms with Crippen molar-refractivity contribution in [3.05, 3.63) is 41.1 Å². The van der Waals surface area contributed by atoms with Crippen LogP contribution in [0.15, 0.2) is 30.0 Å². The first-order valence-corrected chi connectivity index (χ1v) is 8.86. The van der Waals surface area contributed by atoms with Crippen LogP contribution in [0.4, 0.5) is 0 Å². The van der Waals surface area contributed by atoms with Gasteiger partial charge in [0.25, 0.3) is 0 Å². The summed E-state index contributed by atoms with van der Waals surface area (Å²) in [6, 6.07) is 8.08. The van der Waals surface area contributed by atoms with E-state index in [-0.39, 0.29) is 11.9 Å². The second kappa shape index (κ2) is 6.95. The second-order valence-corrected chi connectivity index (χ2v) is 7.11. The number of aliphatic hydroxyl groups is 1. The van der Waals surface area contributed by atoms with Crippen molar-refractivity contribution in [3.63, 3.8) is 0 Å². The summed E-state index contributed by atoms with van der Waals surface area (Å²) in [5, 5.41) is 15.4. The van der Waals surface area contributed by atoms with E-state index in [0.717, 1.165) is 11.4 Å². The Kier molecular flexibility index (Phi) is 4.94. The topological polar surface area (TPSA) is 64.6 Å². The molecular formula is C17H23N3O2S. The molecule has 2 aliphatic rings. The number of rotatable bonds is 4. The summed E-state index contributed by atoms with van der Waals surface area (Å²) < 4.78 is 0. The molecule has 1 aromatic carbocycles. The lowest BCUT2D eigenvalue weighted by Gasteiger charge is -2.12. The van der Waals surface area contributed by atoms with Crippen LogP contribution in [0, 0.1) is 0 Å². The van der Waals surface area contributed by atoms with Crippen molar-refractivity contribution in [2.75, 3.05) is 19.5 Å². The summed E-state index contributed by atoms with van der Waals surface area (Å²) in [5.41, 5.74) is 3.62. The summed E-state index contributed by atoms with van der Waals surface area (Å²) in [5.74, 6) is 0.955. The highest BCUT2D eigenvalue weighted by molar-refractivity contribution is 8.08. The molecule has 3 rings (SSSR count). The van der Waals surface area contributed by atoms with Crippen molar-refractivity contribution >= 4 is 22.6 Å². The number of amides is 1. The van der Waals surface area contributed by atoms with E-state index >= 15 is 0 Å². The number of aliphatic hydroxyl groups excluding tert-OH is 1. The van der Waals surface area contributed by atoms with Gasteiger partial charge >= 0.3 is 0 Å². The van der Waals surface area contributed by atoms with E-state index < -0.39 is 6.10 Å². The Morgan fingerprint density at radius 3 is 2.74 bits per heavy atom. The van der Waals surface area contributed by atoms with Gasteiger partial charge in [-0.05, 0) is 24.5 Å². The van der Waals surface area contributed by atoms with E-state index in [4.69, 9.17) is 0 Å². The molecule has 124 valence electrons. The first-order chi connectivity index (χ1) is 11.0. The van der Waals surface area contributed by atoms with Gasteiger partial charge in [0.1, 0.15) is 0 Å². The maximum Gasteiger partial charge on any atom is 0.237 e. The molecule has 0 aromatic heterocycles. The van der Waals surface area contributed by atoms with Crippen LogP contribution in [0.2, 0.25) is 0 Å². The van der Waals surface area contributed by atoms with Crippen molar-refractivity contribution in [3.8, 4) is 0 Å². The van der Waals surface area contributed by atoms with Crippen molar-refractivity contribution in [1.82, 2.24) is 15.5 Å². The fourth-order valence-electron chi connectivity index (χ4n) is 2.83. The fourth-order valence-corrected chi connectivity index (χ4v) is 4.02. The zero-order valence-corrected chi connectivity index (χ0v) is 14.3. The molecule has 0 aliphatic carbocycles. The molecule has 2 heterocycles. The lowest BCUT2D eigenvalue weighted by molar-refractivity contribution is -0.123. The Hall–Kier alpha value is -1.50. The summed E-state index contributed by atoms with van der Waals surface area (Å²) >= 11 is 1.86. The van der Waals surface area contributed by atoms with Gasteiger partial charge < -0.3 is 20.6 Å². The quantitative estimate of drug-likeness (QED) is 0.776. The minimum absolute atomic E-state index is 0.0443. The molecule has 6 heteroatoms. The molecule has 2 unspecified atom stereocenters. The van der Waals surface area contributed by atoms with Crippen LogP contribution in [0.25, 0.3) is 4.91 Å². The minimum Gasteiger partial charge on any atom is -0.392 e. The Labute approximate surface area is 141 Å². The highest BCUT2D eigenvalue weighted by Gasteiger charge is 2.27. The minimum atomic E-state index is -0.413. The van der Waals surface area contributed by atoms with E-state index in [1.54, 1.807) is 0 Å². The van der Waals surface area contributed by atoms with Crippen molar-refractivity contribution < 1.29 is 9.90 Å². The van der Waals surface area contributed by atoms with E-state index in [9.17, 15) is 9.90 Å². The fraction of sp³-hybridized carbons (Fsp3) is 0.471. The van der Waals surface area contributed by atoms with Gasteiger partial charge in [-0.25, -0.2) is 0 Å². The summed E-state index contributed by atoms with van der Waals surface area (Å²) in [6.07, 6.45) is 0.0757. The first kappa shape index (κ1) is 16.4. The van der Waals surface area contributed by atoms with Gasteiger partial charge in [-0.2, -0.15) is 0 Å². The first-order valence-electron chi connectivity index (χ1n) is 7.88. The highest BCUT2D eigenvalue weighted by atomic mass is 32.2. The van der Waals surface area contributed by atoms with Crippen LogP contribution in [-0.4, -0.2) is 47.5 Å². The van der Waals surface area contributed by atoms with E-state index in [0.29, 0.717) is 19.5 Å². The van der Waals surface area contributed by atoms with Gasteiger partial charge in [-0.1, -0.05) is 24.3 Å². The van der Waals surface area contributed by atoms with Crippen LogP contribution in [-0.2, 0) is 11.3 Å². The molecule has 2 aliphatic heterocycles. The molecule has 1 fully saturated rings. The number of hydrogen-bond donors (Lipinski definition) is 3. The summed E-state index contributed by atoms with van der Waals surface area (Å²) in [7, 11) is 2.10. The summed E-state index contributed by atoms with van der Waals surface area (Å²) in [4.78, 5) is 15.6. The number of allylic oxidation sites excluding steroid dienone is 1. The second-order valence-electron chi connectivity index (χ2n) is 6.15. The number of β-amino-alcohol motifs (C(OH)–C–C–N with tert-alkyl or cyclic N) is 1. The molecule has 1 aromatic rings. The number of nitrogens with zero attached hydrogens (tertiary/aromatic N) is 1. The number of carbonyl (C=O) groups is 1. The number of benzene rings is 1. The van der Waals surface area contributed by atoms with Crippen molar-refractivity contribution in [2.45, 2.75) is 32.0 Å². The molecule has 23 heavy (non-hydrogen) atoms. The smallest absolute Gasteiger partial charge is 0.237 e. The molecule has 1 amide bonds. The molecular weight excluding hydrogens is 310 g/mol. The molecule has 3 N–H and O–H groups in total. The number of hydrogen-bond acceptors (Lipinski definition) is 5. The van der Waals surface area contributed by atoms with Crippen LogP contribution < -0.4 is 10.6 Å². The molecule has 2 atom stereocenters. The average molecular weight is 333 g/mol. The number of carbonyl (C=O) groups excluding carboxylic acids is 1. The van der Waals surface area contributed by atoms with Gasteiger partial charge in [0.15, 0.2) is 0 Å². The van der Waals surface area contributed by atoms with Gasteiger partial charge in [-0.15, -0.1) is 11.8 Å². The number of nitrogens with one attached hydrogen (secondary N) is 2. The Balaban J connectivity index is 1.57. The van der Waals surface area contributed by atoms with Gasteiger partial charge in [0.2, 0.25) is 5.91 Å². The predicted molar refractivity (Wildman–Crippen MR) is 93.5 cm³/mol. The van der Waals surface area contributed by atoms with Gasteiger partial charge in [-0.3, -0.25) is 4.79 Å². The lowest BCUT2D eigenvalue weighted by atomic mass is 10.1. The van der Waals surface area contributed by atoms with E-state index in [1.165, 1.54) is 16.2 Å². The lowest BCUT2D eigenvalue weighted by Crippen LogP contribution is -2.39. The van der Waals surface area contributed by atoms with E-state index in [1.807, 2.05) is 11.8 Å². The third kappa shape index (κ3) is 3.71. The van der Waals surface area contributed by atoms with Crippen molar-refractivity contribution in [2.24, 2.45) is 0 Å². The largest absolute Gasteiger partial charge is 0.392 e. The van der Waals surface area contributed by atoms with Crippen LogP contribution in [0.5, 0.6) is 0 Å². The maximum atomic E-state index is 12.0. The standard InChI is InChI=1S/C17H23N3O2S/c1-11-16(23-10-20(11)2)13-5-3-12(4-6-13)8-19-17(22)15-7-14(21)9-18-15/h3-6,14-15,18,21H,7-10H2,1-2H3,(H,19,22). The van der Waals surface area contributed by atoms with Crippen LogP contribution >= 0.6 is 11.8 Å². The third-order valence-corrected chi connectivity index (χ3v) is 5.75. The molecule has 0 spiro atoms. The highest BCUT2D eigenvalue weighted by Crippen LogP contribution is 2.38. The molecule has 1 saturated heterocycles. The Bertz CT molecular complexity index is 615. The maximum absolute atomic E-state index is 12.0. The monoisotopic (exact) mass is 333 g/mol. The van der Waals surface area contributed by atoms with Crippen molar-refractivity contribution in [1.29, 1.82) is 0 Å². The molecule has 5 nitrogen and oxygen atoms in total. The zero-order chi connectivity index (χ0) is 16.4. The van der Waals surface area contributed by atoms with Crippen LogP contribution in [0.1, 0.15) is 24.5 Å². The average Bonchev–Trinajstić information content (AvgIpc) is 3.13. The third-order valence-electron chi connectivity index (χ3n) is 4.41. The summed E-state index contributed by atoms with van der Waals surface area (Å²) in [6.45, 7) is 3.15. The van der Waals surface area contributed by atoms with E-state index in [2.05, 4.69) is 53.8 Å². The number of thioether (sulfide) groups is 1. The Morgan fingerprint density at radius 1 is 1.43 bits per heavy atom. The predicted octanol–water partition coefficient (Wildman–Crippen LogP) is 1.35. The normalized spacial score (nSPS) is 24.4. The Morgan fingerprint density at radius 2 is 2.17 bits per heavy atom.